The number of aryl methyl sites for hydroxylation is 1. The number of hydrogen-bond donors (Lipinski definition) is 0. The minimum atomic E-state index is -0.309. The van der Waals surface area contributed by atoms with Gasteiger partial charge < -0.3 is 0 Å². The van der Waals surface area contributed by atoms with Gasteiger partial charge in [-0.1, -0.05) is 106 Å². The Morgan fingerprint density at radius 2 is 1.41 bits per heavy atom. The van der Waals surface area contributed by atoms with Crippen LogP contribution in [0.3, 0.4) is 0 Å². The Morgan fingerprint density at radius 1 is 0.688 bits per heavy atom. The molecule has 1 unspecified atom stereocenters. The molecule has 6 rings (SSSR count). The zero-order chi connectivity index (χ0) is 22.3. The summed E-state index contributed by atoms with van der Waals surface area (Å²) in [5.74, 6) is 0. The van der Waals surface area contributed by atoms with Crippen LogP contribution in [0.2, 0.25) is 5.02 Å². The Labute approximate surface area is 195 Å². The molecule has 0 radical (unpaired) electrons. The number of fused-ring (bicyclic) bond motifs is 10. The predicted molar refractivity (Wildman–Crippen MR) is 136 cm³/mol. The van der Waals surface area contributed by atoms with E-state index < -0.39 is 0 Å². The first-order valence-electron chi connectivity index (χ1n) is 11.5. The SMILES string of the molecule is CCc1ccc2c(c1)C1(c3ccccc3-c3cc(Cl)ccc31)c1c-2cccc1C(C)(C)C. The molecule has 0 aromatic heterocycles. The first kappa shape index (κ1) is 19.8. The molecule has 0 saturated carbocycles. The van der Waals surface area contributed by atoms with Crippen molar-refractivity contribution in [2.24, 2.45) is 0 Å². The van der Waals surface area contributed by atoms with Crippen molar-refractivity contribution in [3.63, 3.8) is 0 Å². The lowest BCUT2D eigenvalue weighted by Crippen LogP contribution is -2.30. The van der Waals surface area contributed by atoms with Gasteiger partial charge >= 0.3 is 0 Å². The number of hydrogen-bond acceptors (Lipinski definition) is 0. The van der Waals surface area contributed by atoms with Crippen molar-refractivity contribution < 1.29 is 0 Å². The lowest BCUT2D eigenvalue weighted by Gasteiger charge is -2.35. The van der Waals surface area contributed by atoms with Gasteiger partial charge in [-0.3, -0.25) is 0 Å². The Morgan fingerprint density at radius 3 is 2.19 bits per heavy atom. The molecule has 0 heterocycles. The van der Waals surface area contributed by atoms with E-state index in [-0.39, 0.29) is 10.8 Å². The van der Waals surface area contributed by atoms with E-state index in [1.807, 2.05) is 0 Å². The summed E-state index contributed by atoms with van der Waals surface area (Å²) in [5.41, 5.74) is 13.4. The summed E-state index contributed by atoms with van der Waals surface area (Å²) in [6, 6.07) is 29.4. The summed E-state index contributed by atoms with van der Waals surface area (Å²) in [7, 11) is 0. The Hall–Kier alpha value is -2.83. The third-order valence-corrected chi connectivity index (χ3v) is 7.68. The summed E-state index contributed by atoms with van der Waals surface area (Å²) in [5, 5.41) is 0.792. The highest BCUT2D eigenvalue weighted by Crippen LogP contribution is 2.64. The molecule has 1 spiro atoms. The lowest BCUT2D eigenvalue weighted by atomic mass is 9.66. The third kappa shape index (κ3) is 2.39. The van der Waals surface area contributed by atoms with Crippen LogP contribution in [0.5, 0.6) is 0 Å². The fraction of sp³-hybridized carbons (Fsp3) is 0.226. The average Bonchev–Trinajstić information content (AvgIpc) is 3.24. The monoisotopic (exact) mass is 434 g/mol. The van der Waals surface area contributed by atoms with Crippen LogP contribution in [-0.4, -0.2) is 0 Å². The molecule has 0 nitrogen and oxygen atoms in total. The van der Waals surface area contributed by atoms with Gasteiger partial charge in [0.25, 0.3) is 0 Å². The molecule has 0 fully saturated rings. The van der Waals surface area contributed by atoms with Gasteiger partial charge in [0, 0.05) is 5.02 Å². The minimum Gasteiger partial charge on any atom is -0.0843 e. The summed E-state index contributed by atoms with van der Waals surface area (Å²) < 4.78 is 0. The maximum Gasteiger partial charge on any atom is 0.0728 e. The molecule has 0 saturated heterocycles. The normalized spacial score (nSPS) is 17.8. The summed E-state index contributed by atoms with van der Waals surface area (Å²) in [6.45, 7) is 9.24. The van der Waals surface area contributed by atoms with Gasteiger partial charge in [-0.2, -0.15) is 0 Å². The van der Waals surface area contributed by atoms with E-state index in [1.165, 1.54) is 55.6 Å². The third-order valence-electron chi connectivity index (χ3n) is 7.44. The van der Waals surface area contributed by atoms with Crippen molar-refractivity contribution in [2.75, 3.05) is 0 Å². The van der Waals surface area contributed by atoms with E-state index in [4.69, 9.17) is 11.6 Å². The van der Waals surface area contributed by atoms with Crippen LogP contribution in [0.4, 0.5) is 0 Å². The maximum atomic E-state index is 6.54. The van der Waals surface area contributed by atoms with Gasteiger partial charge in [0.1, 0.15) is 0 Å². The molecule has 2 aliphatic rings. The van der Waals surface area contributed by atoms with Crippen LogP contribution >= 0.6 is 11.6 Å². The molecule has 0 amide bonds. The van der Waals surface area contributed by atoms with Gasteiger partial charge in [0.2, 0.25) is 0 Å². The van der Waals surface area contributed by atoms with E-state index >= 15 is 0 Å². The number of benzene rings is 4. The fourth-order valence-corrected chi connectivity index (χ4v) is 6.28. The van der Waals surface area contributed by atoms with Crippen LogP contribution in [0.1, 0.15) is 61.1 Å². The molecule has 1 heteroatoms. The highest BCUT2D eigenvalue weighted by molar-refractivity contribution is 6.31. The molecule has 32 heavy (non-hydrogen) atoms. The number of halogens is 1. The molecule has 158 valence electrons. The zero-order valence-electron chi connectivity index (χ0n) is 19.1. The van der Waals surface area contributed by atoms with E-state index in [0.717, 1.165) is 11.4 Å². The lowest BCUT2D eigenvalue weighted by molar-refractivity contribution is 0.574. The van der Waals surface area contributed by atoms with Crippen LogP contribution < -0.4 is 0 Å². The molecule has 0 bridgehead atoms. The van der Waals surface area contributed by atoms with E-state index in [1.54, 1.807) is 0 Å². The predicted octanol–water partition coefficient (Wildman–Crippen LogP) is 8.54. The molecule has 2 aliphatic carbocycles. The zero-order valence-corrected chi connectivity index (χ0v) is 19.8. The molecule has 0 aliphatic heterocycles. The molecule has 4 aromatic carbocycles. The van der Waals surface area contributed by atoms with Crippen molar-refractivity contribution >= 4 is 11.6 Å². The molecule has 1 atom stereocenters. The fourth-order valence-electron chi connectivity index (χ4n) is 6.11. The molecule has 4 aromatic rings. The van der Waals surface area contributed by atoms with Crippen molar-refractivity contribution in [2.45, 2.75) is 44.9 Å². The van der Waals surface area contributed by atoms with Gasteiger partial charge in [-0.05, 0) is 79.6 Å². The smallest absolute Gasteiger partial charge is 0.0728 e. The topological polar surface area (TPSA) is 0 Å². The second-order valence-corrected chi connectivity index (χ2v) is 10.6. The van der Waals surface area contributed by atoms with Crippen LogP contribution in [0.15, 0.2) is 78.9 Å². The van der Waals surface area contributed by atoms with Crippen LogP contribution in [-0.2, 0) is 17.3 Å². The van der Waals surface area contributed by atoms with Crippen molar-refractivity contribution in [1.29, 1.82) is 0 Å². The first-order chi connectivity index (χ1) is 15.4. The van der Waals surface area contributed by atoms with Gasteiger partial charge in [0.05, 0.1) is 5.41 Å². The van der Waals surface area contributed by atoms with Crippen molar-refractivity contribution in [3.05, 3.63) is 117 Å². The highest BCUT2D eigenvalue weighted by Gasteiger charge is 2.53. The average molecular weight is 435 g/mol. The first-order valence-corrected chi connectivity index (χ1v) is 11.9. The van der Waals surface area contributed by atoms with Gasteiger partial charge in [-0.25, -0.2) is 0 Å². The van der Waals surface area contributed by atoms with Crippen molar-refractivity contribution in [3.8, 4) is 22.3 Å². The second kappa shape index (κ2) is 6.59. The summed E-state index contributed by atoms with van der Waals surface area (Å²) in [6.07, 6.45) is 1.03. The van der Waals surface area contributed by atoms with Crippen LogP contribution in [0.25, 0.3) is 22.3 Å². The maximum absolute atomic E-state index is 6.54. The quantitative estimate of drug-likeness (QED) is 0.243. The Balaban J connectivity index is 1.87. The standard InChI is InChI=1S/C31H27Cl/c1-5-19-13-15-22-23-10-8-12-27(30(2,3)4)29(23)31(28(22)17-19)25-11-7-6-9-21(25)24-18-20(32)14-16-26(24)31/h6-18H,5H2,1-4H3. The van der Waals surface area contributed by atoms with Gasteiger partial charge in [-0.15, -0.1) is 0 Å². The van der Waals surface area contributed by atoms with Crippen LogP contribution in [0, 0.1) is 0 Å². The molecular formula is C31H27Cl. The number of rotatable bonds is 1. The Bertz CT molecular complexity index is 1400. The second-order valence-electron chi connectivity index (χ2n) is 10.2. The van der Waals surface area contributed by atoms with Gasteiger partial charge in [0.15, 0.2) is 0 Å². The van der Waals surface area contributed by atoms with E-state index in [9.17, 15) is 0 Å². The van der Waals surface area contributed by atoms with E-state index in [2.05, 4.69) is 107 Å². The summed E-state index contributed by atoms with van der Waals surface area (Å²) >= 11 is 6.54. The molecule has 0 N–H and O–H groups in total. The minimum absolute atomic E-state index is 0.0259. The van der Waals surface area contributed by atoms with E-state index in [0.29, 0.717) is 0 Å². The van der Waals surface area contributed by atoms with Crippen molar-refractivity contribution in [1.82, 2.24) is 0 Å². The highest BCUT2D eigenvalue weighted by atomic mass is 35.5. The Kier molecular flexibility index (Phi) is 4.08. The molecular weight excluding hydrogens is 408 g/mol. The summed E-state index contributed by atoms with van der Waals surface area (Å²) in [4.78, 5) is 0. The largest absolute Gasteiger partial charge is 0.0843 e.